The molecular formula is C8H4BrN3. The molecule has 1 N–H and O–H groups in total. The van der Waals surface area contributed by atoms with E-state index in [1.54, 1.807) is 6.07 Å². The summed E-state index contributed by atoms with van der Waals surface area (Å²) < 4.78 is 0.875. The van der Waals surface area contributed by atoms with Gasteiger partial charge >= 0.3 is 0 Å². The van der Waals surface area contributed by atoms with Crippen molar-refractivity contribution in [1.82, 2.24) is 9.97 Å². The Hall–Kier alpha value is -1.34. The number of aromatic amines is 1. The van der Waals surface area contributed by atoms with Crippen LogP contribution in [0.15, 0.2) is 22.8 Å². The quantitative estimate of drug-likeness (QED) is 0.742. The van der Waals surface area contributed by atoms with Gasteiger partial charge in [-0.3, -0.25) is 0 Å². The number of aromatic nitrogens is 2. The molecule has 3 nitrogen and oxygen atoms in total. The third-order valence-electron chi connectivity index (χ3n) is 1.56. The first-order valence-corrected chi connectivity index (χ1v) is 4.14. The van der Waals surface area contributed by atoms with Gasteiger partial charge in [-0.2, -0.15) is 5.26 Å². The minimum atomic E-state index is 0.428. The Morgan fingerprint density at radius 3 is 3.08 bits per heavy atom. The molecule has 0 radical (unpaired) electrons. The smallest absolute Gasteiger partial charge is 0.142 e. The highest BCUT2D eigenvalue weighted by molar-refractivity contribution is 9.10. The fraction of sp³-hybridized carbons (Fsp3) is 0. The Kier molecular flexibility index (Phi) is 1.59. The zero-order chi connectivity index (χ0) is 8.55. The second-order valence-electron chi connectivity index (χ2n) is 2.36. The summed E-state index contributed by atoms with van der Waals surface area (Å²) in [5.41, 5.74) is 1.16. The third kappa shape index (κ3) is 1.08. The molecule has 2 aromatic heterocycles. The van der Waals surface area contributed by atoms with E-state index in [2.05, 4.69) is 25.9 Å². The SMILES string of the molecule is N#Cc1ccc2cc(Br)[nH]c2n1. The fourth-order valence-corrected chi connectivity index (χ4v) is 1.47. The number of nitrogens with zero attached hydrogens (tertiary/aromatic N) is 2. The third-order valence-corrected chi connectivity index (χ3v) is 1.99. The lowest BCUT2D eigenvalue weighted by Crippen LogP contribution is -1.81. The van der Waals surface area contributed by atoms with Crippen LogP contribution >= 0.6 is 15.9 Å². The van der Waals surface area contributed by atoms with Gasteiger partial charge in [0.2, 0.25) is 0 Å². The van der Waals surface area contributed by atoms with Crippen LogP contribution in [0.5, 0.6) is 0 Å². The molecule has 0 bridgehead atoms. The molecule has 0 unspecified atom stereocenters. The Labute approximate surface area is 77.2 Å². The zero-order valence-corrected chi connectivity index (χ0v) is 7.59. The molecule has 0 aliphatic carbocycles. The molecule has 0 spiro atoms. The number of halogens is 1. The van der Waals surface area contributed by atoms with Crippen molar-refractivity contribution >= 4 is 27.0 Å². The molecule has 2 heterocycles. The van der Waals surface area contributed by atoms with Crippen molar-refractivity contribution < 1.29 is 0 Å². The van der Waals surface area contributed by atoms with Crippen LogP contribution in [0.2, 0.25) is 0 Å². The fourth-order valence-electron chi connectivity index (χ4n) is 1.03. The van der Waals surface area contributed by atoms with Crippen LogP contribution in [0.3, 0.4) is 0 Å². The molecule has 0 saturated heterocycles. The highest BCUT2D eigenvalue weighted by Gasteiger charge is 1.99. The Bertz CT molecular complexity index is 467. The predicted octanol–water partition coefficient (Wildman–Crippen LogP) is 2.20. The Morgan fingerprint density at radius 1 is 1.50 bits per heavy atom. The van der Waals surface area contributed by atoms with E-state index in [4.69, 9.17) is 5.26 Å². The van der Waals surface area contributed by atoms with Gasteiger partial charge in [0, 0.05) is 5.39 Å². The van der Waals surface area contributed by atoms with E-state index >= 15 is 0 Å². The number of fused-ring (bicyclic) bond motifs is 1. The maximum absolute atomic E-state index is 8.57. The van der Waals surface area contributed by atoms with Crippen LogP contribution in [-0.2, 0) is 0 Å². The van der Waals surface area contributed by atoms with Crippen molar-refractivity contribution in [3.63, 3.8) is 0 Å². The van der Waals surface area contributed by atoms with E-state index in [1.165, 1.54) is 0 Å². The van der Waals surface area contributed by atoms with E-state index in [1.807, 2.05) is 18.2 Å². The molecule has 0 aliphatic heterocycles. The van der Waals surface area contributed by atoms with Crippen molar-refractivity contribution in [2.24, 2.45) is 0 Å². The molecule has 4 heteroatoms. The van der Waals surface area contributed by atoms with Gasteiger partial charge in [-0.05, 0) is 34.1 Å². The van der Waals surface area contributed by atoms with Gasteiger partial charge in [0.1, 0.15) is 17.4 Å². The maximum Gasteiger partial charge on any atom is 0.142 e. The molecule has 0 fully saturated rings. The zero-order valence-electron chi connectivity index (χ0n) is 6.00. The first-order valence-electron chi connectivity index (χ1n) is 3.35. The number of pyridine rings is 1. The summed E-state index contributed by atoms with van der Waals surface area (Å²) in [6.07, 6.45) is 0. The number of nitrogens with one attached hydrogen (secondary N) is 1. The van der Waals surface area contributed by atoms with Crippen molar-refractivity contribution in [1.29, 1.82) is 5.26 Å². The highest BCUT2D eigenvalue weighted by atomic mass is 79.9. The van der Waals surface area contributed by atoms with E-state index in [-0.39, 0.29) is 0 Å². The summed E-state index contributed by atoms with van der Waals surface area (Å²) in [5, 5.41) is 9.57. The van der Waals surface area contributed by atoms with E-state index in [0.717, 1.165) is 15.6 Å². The van der Waals surface area contributed by atoms with Crippen LogP contribution in [0.4, 0.5) is 0 Å². The summed E-state index contributed by atoms with van der Waals surface area (Å²) in [5.74, 6) is 0. The standard InChI is InChI=1S/C8H4BrN3/c9-7-3-5-1-2-6(4-10)11-8(5)12-7/h1-3H,(H,11,12). The molecular weight excluding hydrogens is 218 g/mol. The van der Waals surface area contributed by atoms with Crippen molar-refractivity contribution in [2.45, 2.75) is 0 Å². The minimum Gasteiger partial charge on any atom is -0.334 e. The van der Waals surface area contributed by atoms with Gasteiger partial charge in [0.05, 0.1) is 4.60 Å². The average Bonchev–Trinajstić information content (AvgIpc) is 2.43. The van der Waals surface area contributed by atoms with Gasteiger partial charge in [0.15, 0.2) is 0 Å². The molecule has 12 heavy (non-hydrogen) atoms. The monoisotopic (exact) mass is 221 g/mol. The van der Waals surface area contributed by atoms with Crippen LogP contribution < -0.4 is 0 Å². The second-order valence-corrected chi connectivity index (χ2v) is 3.22. The van der Waals surface area contributed by atoms with Gasteiger partial charge in [0.25, 0.3) is 0 Å². The second kappa shape index (κ2) is 2.61. The van der Waals surface area contributed by atoms with E-state index in [9.17, 15) is 0 Å². The van der Waals surface area contributed by atoms with E-state index < -0.39 is 0 Å². The van der Waals surface area contributed by atoms with Crippen molar-refractivity contribution in [3.05, 3.63) is 28.5 Å². The first kappa shape index (κ1) is 7.32. The maximum atomic E-state index is 8.57. The van der Waals surface area contributed by atoms with Crippen LogP contribution in [0.25, 0.3) is 11.0 Å². The molecule has 58 valence electrons. The van der Waals surface area contributed by atoms with Crippen molar-refractivity contribution in [2.75, 3.05) is 0 Å². The molecule has 2 aromatic rings. The summed E-state index contributed by atoms with van der Waals surface area (Å²) >= 11 is 3.29. The molecule has 2 rings (SSSR count). The Morgan fingerprint density at radius 2 is 2.33 bits per heavy atom. The van der Waals surface area contributed by atoms with Gasteiger partial charge in [-0.1, -0.05) is 0 Å². The van der Waals surface area contributed by atoms with Gasteiger partial charge in [-0.15, -0.1) is 0 Å². The van der Waals surface area contributed by atoms with Crippen molar-refractivity contribution in [3.8, 4) is 6.07 Å². The lowest BCUT2D eigenvalue weighted by molar-refractivity contribution is 1.26. The number of nitriles is 1. The summed E-state index contributed by atoms with van der Waals surface area (Å²) in [6.45, 7) is 0. The molecule has 0 atom stereocenters. The number of hydrogen-bond donors (Lipinski definition) is 1. The lowest BCUT2D eigenvalue weighted by atomic mass is 10.3. The molecule has 0 aromatic carbocycles. The van der Waals surface area contributed by atoms with Gasteiger partial charge < -0.3 is 4.98 Å². The number of H-pyrrole nitrogens is 1. The van der Waals surface area contributed by atoms with Gasteiger partial charge in [-0.25, -0.2) is 4.98 Å². The number of hydrogen-bond acceptors (Lipinski definition) is 2. The summed E-state index contributed by atoms with van der Waals surface area (Å²) in [4.78, 5) is 7.06. The van der Waals surface area contributed by atoms with Crippen LogP contribution in [-0.4, -0.2) is 9.97 Å². The number of rotatable bonds is 0. The summed E-state index contributed by atoms with van der Waals surface area (Å²) in [6, 6.07) is 7.46. The van der Waals surface area contributed by atoms with Crippen LogP contribution in [0.1, 0.15) is 5.69 Å². The lowest BCUT2D eigenvalue weighted by Gasteiger charge is -1.87. The average molecular weight is 222 g/mol. The largest absolute Gasteiger partial charge is 0.334 e. The van der Waals surface area contributed by atoms with Crippen LogP contribution in [0, 0.1) is 11.3 Å². The van der Waals surface area contributed by atoms with E-state index in [0.29, 0.717) is 5.69 Å². The first-order chi connectivity index (χ1) is 5.79. The normalized spacial score (nSPS) is 10.0. The minimum absolute atomic E-state index is 0.428. The highest BCUT2D eigenvalue weighted by Crippen LogP contribution is 2.17. The Balaban J connectivity index is 2.77. The topological polar surface area (TPSA) is 52.5 Å². The summed E-state index contributed by atoms with van der Waals surface area (Å²) in [7, 11) is 0. The molecule has 0 amide bonds. The molecule has 0 saturated carbocycles. The predicted molar refractivity (Wildman–Crippen MR) is 48.5 cm³/mol. The molecule has 0 aliphatic rings.